The highest BCUT2D eigenvalue weighted by atomic mass is 35.5. The summed E-state index contributed by atoms with van der Waals surface area (Å²) in [6, 6.07) is 4.93. The minimum Gasteiger partial charge on any atom is -0.381 e. The largest absolute Gasteiger partial charge is 0.381 e. The van der Waals surface area contributed by atoms with Crippen LogP contribution in [0.5, 0.6) is 0 Å². The van der Waals surface area contributed by atoms with Gasteiger partial charge in [0, 0.05) is 23.1 Å². The van der Waals surface area contributed by atoms with Gasteiger partial charge in [-0.05, 0) is 24.6 Å². The van der Waals surface area contributed by atoms with E-state index < -0.39 is 0 Å². The topological polar surface area (TPSA) is 26.3 Å². The maximum Gasteiger partial charge on any atom is 0.169 e. The van der Waals surface area contributed by atoms with Crippen LogP contribution < -0.4 is 0 Å². The standard InChI is InChI=1S/C11H10Cl2O2/c12-8-1-2-10(13)9(5-8)11(14)7-3-4-15-6-7/h1-2,5,7H,3-4,6H2/t7-/m0/s1. The van der Waals surface area contributed by atoms with Crippen molar-refractivity contribution >= 4 is 29.0 Å². The van der Waals surface area contributed by atoms with Crippen molar-refractivity contribution in [2.24, 2.45) is 5.92 Å². The zero-order valence-electron chi connectivity index (χ0n) is 8.00. The molecule has 0 unspecified atom stereocenters. The molecule has 0 aliphatic carbocycles. The number of carbonyl (C=O) groups excluding carboxylic acids is 1. The van der Waals surface area contributed by atoms with Gasteiger partial charge in [-0.25, -0.2) is 0 Å². The molecule has 1 atom stereocenters. The average molecular weight is 245 g/mol. The molecule has 2 nitrogen and oxygen atoms in total. The van der Waals surface area contributed by atoms with Crippen LogP contribution in [0.1, 0.15) is 16.8 Å². The zero-order chi connectivity index (χ0) is 10.8. The van der Waals surface area contributed by atoms with Crippen molar-refractivity contribution in [1.29, 1.82) is 0 Å². The fraction of sp³-hybridized carbons (Fsp3) is 0.364. The molecule has 1 aromatic carbocycles. The molecule has 0 saturated carbocycles. The normalized spacial score (nSPS) is 20.5. The Morgan fingerprint density at radius 1 is 1.40 bits per heavy atom. The number of hydrogen-bond acceptors (Lipinski definition) is 2. The first-order chi connectivity index (χ1) is 7.18. The maximum absolute atomic E-state index is 12.0. The quantitative estimate of drug-likeness (QED) is 0.748. The molecule has 4 heteroatoms. The van der Waals surface area contributed by atoms with E-state index in [2.05, 4.69) is 0 Å². The van der Waals surface area contributed by atoms with E-state index in [1.807, 2.05) is 0 Å². The molecule has 15 heavy (non-hydrogen) atoms. The molecule has 1 aromatic rings. The van der Waals surface area contributed by atoms with E-state index in [-0.39, 0.29) is 11.7 Å². The molecular formula is C11H10Cl2O2. The molecule has 80 valence electrons. The van der Waals surface area contributed by atoms with Crippen LogP contribution >= 0.6 is 23.2 Å². The molecule has 0 N–H and O–H groups in total. The van der Waals surface area contributed by atoms with Gasteiger partial charge in [0.15, 0.2) is 5.78 Å². The Labute approximate surface area is 98.1 Å². The predicted octanol–water partition coefficient (Wildman–Crippen LogP) is 3.21. The summed E-state index contributed by atoms with van der Waals surface area (Å²) >= 11 is 11.8. The first kappa shape index (κ1) is 10.9. The summed E-state index contributed by atoms with van der Waals surface area (Å²) in [5.41, 5.74) is 0.500. The molecule has 0 spiro atoms. The van der Waals surface area contributed by atoms with Crippen LogP contribution in [-0.4, -0.2) is 19.0 Å². The van der Waals surface area contributed by atoms with Crippen LogP contribution in [0.15, 0.2) is 18.2 Å². The van der Waals surface area contributed by atoms with Crippen LogP contribution in [-0.2, 0) is 4.74 Å². The smallest absolute Gasteiger partial charge is 0.169 e. The summed E-state index contributed by atoms with van der Waals surface area (Å²) < 4.78 is 5.17. The van der Waals surface area contributed by atoms with E-state index in [4.69, 9.17) is 27.9 Å². The Balaban J connectivity index is 2.27. The van der Waals surface area contributed by atoms with Crippen molar-refractivity contribution in [3.63, 3.8) is 0 Å². The second-order valence-electron chi connectivity index (χ2n) is 3.55. The molecule has 1 aliphatic heterocycles. The molecule has 1 fully saturated rings. The van der Waals surface area contributed by atoms with Crippen LogP contribution in [0.4, 0.5) is 0 Å². The Morgan fingerprint density at radius 2 is 2.20 bits per heavy atom. The van der Waals surface area contributed by atoms with Gasteiger partial charge in [0.25, 0.3) is 0 Å². The number of Topliss-reactive ketones (excluding diaryl/α,β-unsaturated/α-hetero) is 1. The van der Waals surface area contributed by atoms with Crippen molar-refractivity contribution in [3.05, 3.63) is 33.8 Å². The van der Waals surface area contributed by atoms with Gasteiger partial charge in [-0.15, -0.1) is 0 Å². The molecule has 2 rings (SSSR count). The number of hydrogen-bond donors (Lipinski definition) is 0. The predicted molar refractivity (Wildman–Crippen MR) is 59.7 cm³/mol. The highest BCUT2D eigenvalue weighted by Crippen LogP contribution is 2.26. The average Bonchev–Trinajstić information content (AvgIpc) is 2.74. The Hall–Kier alpha value is -0.570. The van der Waals surface area contributed by atoms with Gasteiger partial charge in [0.2, 0.25) is 0 Å². The molecule has 1 aliphatic rings. The second kappa shape index (κ2) is 4.52. The number of rotatable bonds is 2. The van der Waals surface area contributed by atoms with E-state index >= 15 is 0 Å². The minimum atomic E-state index is -0.0685. The summed E-state index contributed by atoms with van der Waals surface area (Å²) in [4.78, 5) is 12.0. The van der Waals surface area contributed by atoms with Gasteiger partial charge in [0.05, 0.1) is 11.6 Å². The van der Waals surface area contributed by atoms with Gasteiger partial charge in [-0.3, -0.25) is 4.79 Å². The fourth-order valence-electron chi connectivity index (χ4n) is 1.65. The lowest BCUT2D eigenvalue weighted by atomic mass is 9.97. The Kier molecular flexibility index (Phi) is 3.29. The fourth-order valence-corrected chi connectivity index (χ4v) is 2.03. The monoisotopic (exact) mass is 244 g/mol. The van der Waals surface area contributed by atoms with Crippen molar-refractivity contribution in [1.82, 2.24) is 0 Å². The van der Waals surface area contributed by atoms with E-state index in [1.54, 1.807) is 18.2 Å². The third-order valence-electron chi connectivity index (χ3n) is 2.49. The van der Waals surface area contributed by atoms with Crippen LogP contribution in [0, 0.1) is 5.92 Å². The first-order valence-corrected chi connectivity index (χ1v) is 5.51. The SMILES string of the molecule is O=C(c1cc(Cl)ccc1Cl)[C@H]1CCOC1. The maximum atomic E-state index is 12.0. The molecule has 0 amide bonds. The van der Waals surface area contributed by atoms with Crippen molar-refractivity contribution < 1.29 is 9.53 Å². The minimum absolute atomic E-state index is 0.0278. The third kappa shape index (κ3) is 2.33. The van der Waals surface area contributed by atoms with Crippen LogP contribution in [0.2, 0.25) is 10.0 Å². The van der Waals surface area contributed by atoms with Crippen LogP contribution in [0.25, 0.3) is 0 Å². The molecule has 0 radical (unpaired) electrons. The molecule has 1 saturated heterocycles. The summed E-state index contributed by atoms with van der Waals surface area (Å²) in [6.45, 7) is 1.14. The molecular weight excluding hydrogens is 235 g/mol. The highest BCUT2D eigenvalue weighted by molar-refractivity contribution is 6.36. The van der Waals surface area contributed by atoms with Crippen LogP contribution in [0.3, 0.4) is 0 Å². The number of halogens is 2. The number of ketones is 1. The summed E-state index contributed by atoms with van der Waals surface area (Å²) in [6.07, 6.45) is 0.766. The third-order valence-corrected chi connectivity index (χ3v) is 3.06. The molecule has 0 bridgehead atoms. The molecule has 1 heterocycles. The number of ether oxygens (including phenoxy) is 1. The lowest BCUT2D eigenvalue weighted by molar-refractivity contribution is 0.0900. The van der Waals surface area contributed by atoms with Gasteiger partial charge >= 0.3 is 0 Å². The van der Waals surface area contributed by atoms with E-state index in [0.29, 0.717) is 28.8 Å². The van der Waals surface area contributed by atoms with Crippen molar-refractivity contribution in [2.75, 3.05) is 13.2 Å². The van der Waals surface area contributed by atoms with E-state index in [1.165, 1.54) is 0 Å². The van der Waals surface area contributed by atoms with Gasteiger partial charge in [0.1, 0.15) is 0 Å². The molecule has 0 aromatic heterocycles. The number of carbonyl (C=O) groups is 1. The number of benzene rings is 1. The summed E-state index contributed by atoms with van der Waals surface area (Å²) in [7, 11) is 0. The highest BCUT2D eigenvalue weighted by Gasteiger charge is 2.26. The van der Waals surface area contributed by atoms with Gasteiger partial charge < -0.3 is 4.74 Å². The summed E-state index contributed by atoms with van der Waals surface area (Å²) in [5, 5.41) is 0.984. The Bertz CT molecular complexity index is 384. The van der Waals surface area contributed by atoms with E-state index in [9.17, 15) is 4.79 Å². The van der Waals surface area contributed by atoms with Crippen molar-refractivity contribution in [2.45, 2.75) is 6.42 Å². The zero-order valence-corrected chi connectivity index (χ0v) is 9.52. The van der Waals surface area contributed by atoms with Gasteiger partial charge in [-0.1, -0.05) is 23.2 Å². The summed E-state index contributed by atoms with van der Waals surface area (Å²) in [5.74, 6) is -0.0408. The van der Waals surface area contributed by atoms with Crippen molar-refractivity contribution in [3.8, 4) is 0 Å². The van der Waals surface area contributed by atoms with Gasteiger partial charge in [-0.2, -0.15) is 0 Å². The lowest BCUT2D eigenvalue weighted by Crippen LogP contribution is -2.15. The lowest BCUT2D eigenvalue weighted by Gasteiger charge is -2.08. The van der Waals surface area contributed by atoms with E-state index in [0.717, 1.165) is 6.42 Å². The second-order valence-corrected chi connectivity index (χ2v) is 4.39. The Morgan fingerprint density at radius 3 is 2.87 bits per heavy atom. The first-order valence-electron chi connectivity index (χ1n) is 4.75.